The third-order valence-corrected chi connectivity index (χ3v) is 3.94. The maximum absolute atomic E-state index is 12.2. The molecule has 0 heterocycles. The van der Waals surface area contributed by atoms with Crippen LogP contribution < -0.4 is 10.6 Å². The molecule has 0 aliphatic heterocycles. The molecule has 0 fully saturated rings. The summed E-state index contributed by atoms with van der Waals surface area (Å²) in [6, 6.07) is 12.1. The molecule has 10 nitrogen and oxygen atoms in total. The number of carbonyl (C=O) groups is 3. The Morgan fingerprint density at radius 2 is 1.83 bits per heavy atom. The Morgan fingerprint density at radius 1 is 1.13 bits per heavy atom. The van der Waals surface area contributed by atoms with Crippen LogP contribution in [0.3, 0.4) is 0 Å². The lowest BCUT2D eigenvalue weighted by atomic mass is 10.2. The highest BCUT2D eigenvalue weighted by Crippen LogP contribution is 2.13. The number of anilines is 1. The summed E-state index contributed by atoms with van der Waals surface area (Å²) in [5, 5.41) is 24.6. The molecule has 0 aromatic heterocycles. The number of nitriles is 1. The number of ether oxygens (including phenoxy) is 1. The second-order valence-corrected chi connectivity index (χ2v) is 6.26. The first-order valence-electron chi connectivity index (χ1n) is 8.78. The molecule has 0 bridgehead atoms. The van der Waals surface area contributed by atoms with E-state index in [-0.39, 0.29) is 11.3 Å². The van der Waals surface area contributed by atoms with Crippen molar-refractivity contribution < 1.29 is 24.0 Å². The molecule has 0 saturated heterocycles. The summed E-state index contributed by atoms with van der Waals surface area (Å²) >= 11 is 0. The van der Waals surface area contributed by atoms with Crippen LogP contribution in [0.5, 0.6) is 0 Å². The third kappa shape index (κ3) is 5.87. The smallest absolute Gasteiger partial charge is 0.329 e. The van der Waals surface area contributed by atoms with Crippen molar-refractivity contribution in [2.75, 3.05) is 5.32 Å². The van der Waals surface area contributed by atoms with Crippen LogP contribution in [0.2, 0.25) is 0 Å². The first-order chi connectivity index (χ1) is 14.2. The van der Waals surface area contributed by atoms with Crippen LogP contribution in [0.15, 0.2) is 48.5 Å². The molecule has 30 heavy (non-hydrogen) atoms. The van der Waals surface area contributed by atoms with Crippen LogP contribution in [-0.2, 0) is 14.3 Å². The SMILES string of the molecule is CC(OC(=O)[C@H](C)NC(=O)c1cccc([N+](=O)[O-])c1)C(=O)Nc1cccc(C#N)c1. The zero-order chi connectivity index (χ0) is 22.3. The fraction of sp³-hybridized carbons (Fsp3) is 0.200. The van der Waals surface area contributed by atoms with Gasteiger partial charge >= 0.3 is 5.97 Å². The number of nitrogens with one attached hydrogen (secondary N) is 2. The molecular formula is C20H18N4O6. The van der Waals surface area contributed by atoms with Crippen LogP contribution in [0, 0.1) is 21.4 Å². The van der Waals surface area contributed by atoms with Gasteiger partial charge in [-0.3, -0.25) is 19.7 Å². The molecule has 154 valence electrons. The van der Waals surface area contributed by atoms with Crippen molar-refractivity contribution in [3.63, 3.8) is 0 Å². The molecule has 2 atom stereocenters. The Labute approximate surface area is 171 Å². The maximum Gasteiger partial charge on any atom is 0.329 e. The van der Waals surface area contributed by atoms with E-state index >= 15 is 0 Å². The highest BCUT2D eigenvalue weighted by Gasteiger charge is 2.24. The normalized spacial score (nSPS) is 12.0. The van der Waals surface area contributed by atoms with Gasteiger partial charge in [-0.2, -0.15) is 5.26 Å². The molecule has 2 aromatic rings. The van der Waals surface area contributed by atoms with Gasteiger partial charge in [0.05, 0.1) is 16.6 Å². The van der Waals surface area contributed by atoms with Gasteiger partial charge in [0.2, 0.25) is 0 Å². The van der Waals surface area contributed by atoms with Crippen molar-refractivity contribution in [3.05, 3.63) is 69.8 Å². The molecule has 10 heteroatoms. The quantitative estimate of drug-likeness (QED) is 0.403. The molecule has 0 spiro atoms. The number of amides is 2. The summed E-state index contributed by atoms with van der Waals surface area (Å²) in [6.45, 7) is 2.72. The van der Waals surface area contributed by atoms with E-state index in [0.717, 1.165) is 6.07 Å². The van der Waals surface area contributed by atoms with Crippen LogP contribution in [0.25, 0.3) is 0 Å². The summed E-state index contributed by atoms with van der Waals surface area (Å²) in [7, 11) is 0. The number of nitro benzene ring substituents is 1. The molecule has 0 saturated carbocycles. The fourth-order valence-electron chi connectivity index (χ4n) is 2.34. The molecule has 0 aliphatic carbocycles. The summed E-state index contributed by atoms with van der Waals surface area (Å²) in [6.07, 6.45) is -1.17. The van der Waals surface area contributed by atoms with E-state index in [2.05, 4.69) is 10.6 Å². The van der Waals surface area contributed by atoms with Crippen LogP contribution in [0.1, 0.15) is 29.8 Å². The van der Waals surface area contributed by atoms with Crippen LogP contribution in [-0.4, -0.2) is 34.9 Å². The van der Waals surface area contributed by atoms with E-state index in [4.69, 9.17) is 10.00 Å². The van der Waals surface area contributed by atoms with Crippen molar-refractivity contribution in [1.82, 2.24) is 5.32 Å². The van der Waals surface area contributed by atoms with Crippen molar-refractivity contribution >= 4 is 29.2 Å². The standard InChI is InChI=1S/C20H18N4O6/c1-12(22-19(26)15-6-4-8-17(10-15)24(28)29)20(27)30-13(2)18(25)23-16-7-3-5-14(9-16)11-21/h3-10,12-13H,1-2H3,(H,22,26)(H,23,25)/t12-,13?/m0/s1. The fourth-order valence-corrected chi connectivity index (χ4v) is 2.34. The van der Waals surface area contributed by atoms with Gasteiger partial charge in [0.1, 0.15) is 6.04 Å². The number of carbonyl (C=O) groups excluding carboxylic acids is 3. The van der Waals surface area contributed by atoms with Crippen LogP contribution >= 0.6 is 0 Å². The maximum atomic E-state index is 12.2. The van der Waals surface area contributed by atoms with Crippen molar-refractivity contribution in [2.45, 2.75) is 26.0 Å². The van der Waals surface area contributed by atoms with E-state index in [1.807, 2.05) is 6.07 Å². The predicted molar refractivity (Wildman–Crippen MR) is 105 cm³/mol. The Morgan fingerprint density at radius 3 is 2.50 bits per heavy atom. The molecule has 2 aromatic carbocycles. The monoisotopic (exact) mass is 410 g/mol. The van der Waals surface area contributed by atoms with Gasteiger partial charge in [-0.1, -0.05) is 12.1 Å². The summed E-state index contributed by atoms with van der Waals surface area (Å²) in [5.74, 6) is -2.17. The summed E-state index contributed by atoms with van der Waals surface area (Å²) in [5.41, 5.74) is 0.472. The van der Waals surface area contributed by atoms with Gasteiger partial charge in [-0.25, -0.2) is 4.79 Å². The number of esters is 1. The minimum Gasteiger partial charge on any atom is -0.451 e. The van der Waals surface area contributed by atoms with Gasteiger partial charge in [0.15, 0.2) is 6.10 Å². The highest BCUT2D eigenvalue weighted by atomic mass is 16.6. The molecule has 2 rings (SSSR count). The Balaban J connectivity index is 1.93. The number of hydrogen-bond acceptors (Lipinski definition) is 7. The Kier molecular flexibility index (Phi) is 7.19. The summed E-state index contributed by atoms with van der Waals surface area (Å²) in [4.78, 5) is 46.8. The number of benzene rings is 2. The largest absolute Gasteiger partial charge is 0.451 e. The Hall–Kier alpha value is -4.26. The second-order valence-electron chi connectivity index (χ2n) is 6.26. The van der Waals surface area contributed by atoms with Crippen LogP contribution in [0.4, 0.5) is 11.4 Å². The second kappa shape index (κ2) is 9.79. The third-order valence-electron chi connectivity index (χ3n) is 3.94. The molecule has 2 N–H and O–H groups in total. The first-order valence-corrected chi connectivity index (χ1v) is 8.78. The van der Waals surface area contributed by atoms with E-state index in [1.165, 1.54) is 38.1 Å². The van der Waals surface area contributed by atoms with Crippen molar-refractivity contribution in [1.29, 1.82) is 5.26 Å². The minimum absolute atomic E-state index is 0.00650. The number of non-ortho nitro benzene ring substituents is 1. The van der Waals surface area contributed by atoms with E-state index in [1.54, 1.807) is 18.2 Å². The molecule has 0 radical (unpaired) electrons. The summed E-state index contributed by atoms with van der Waals surface area (Å²) < 4.78 is 5.06. The highest BCUT2D eigenvalue weighted by molar-refractivity contribution is 5.98. The minimum atomic E-state index is -1.17. The zero-order valence-electron chi connectivity index (χ0n) is 16.1. The molecule has 2 amide bonds. The Bertz CT molecular complexity index is 1030. The molecule has 0 aliphatic rings. The number of nitrogens with zero attached hydrogens (tertiary/aromatic N) is 2. The molecular weight excluding hydrogens is 392 g/mol. The zero-order valence-corrected chi connectivity index (χ0v) is 16.1. The van der Waals surface area contributed by atoms with E-state index in [0.29, 0.717) is 11.3 Å². The molecule has 1 unspecified atom stereocenters. The van der Waals surface area contributed by atoms with Gasteiger partial charge < -0.3 is 15.4 Å². The van der Waals surface area contributed by atoms with Gasteiger partial charge in [0.25, 0.3) is 17.5 Å². The predicted octanol–water partition coefficient (Wildman–Crippen LogP) is 2.16. The van der Waals surface area contributed by atoms with E-state index < -0.39 is 34.9 Å². The lowest BCUT2D eigenvalue weighted by Gasteiger charge is -2.17. The lowest BCUT2D eigenvalue weighted by Crippen LogP contribution is -2.42. The van der Waals surface area contributed by atoms with Gasteiger partial charge in [-0.05, 0) is 38.1 Å². The lowest BCUT2D eigenvalue weighted by molar-refractivity contribution is -0.384. The average Bonchev–Trinajstić information content (AvgIpc) is 2.73. The number of hydrogen-bond donors (Lipinski definition) is 2. The first kappa shape index (κ1) is 22.0. The van der Waals surface area contributed by atoms with E-state index in [9.17, 15) is 24.5 Å². The average molecular weight is 410 g/mol. The van der Waals surface area contributed by atoms with Crippen molar-refractivity contribution in [2.24, 2.45) is 0 Å². The number of rotatable bonds is 7. The number of nitro groups is 1. The van der Waals surface area contributed by atoms with Gasteiger partial charge in [0, 0.05) is 23.4 Å². The topological polar surface area (TPSA) is 151 Å². The van der Waals surface area contributed by atoms with Crippen molar-refractivity contribution in [3.8, 4) is 6.07 Å². The van der Waals surface area contributed by atoms with Gasteiger partial charge in [-0.15, -0.1) is 0 Å².